The Morgan fingerprint density at radius 3 is 1.93 bits per heavy atom. The number of alkyl halides is 1. The summed E-state index contributed by atoms with van der Waals surface area (Å²) in [5.74, 6) is 1.98. The number of Topliss-reactive ketones (excluding diaryl/α,β-unsaturated/α-hetero) is 1. The standard InChI is InChI=1S/C39H55FN4O2.C6H10O3.C5H10O2.C4H7F.C2H6.C2H4.CH4O/c1-24(2)32-30(45)23-39(34(46)36-42-41-35(44(36)22-21-43(5)6)25-10-12-27(40)13-11-25)20-17-29-28(33(32)39)14-15-31-37(3)18-8-7-9-26(37)16-19-38(29,31)4;1-6(2,4-7)3-5(8)9;1-5(2,3)4(6)7;1-3-4(2)5;3*1-2/h10-13,24,26,28-29,31,34,46H,7-9,14-23H2,1-6H3;4H,3H2,1-2H3,(H,8,9);1-3H3,(H,6,7);3-4H,1H2,2H3;1-2H3;1-2H2;2H,1H3. The number of carbonyl (C=O) groups excluding carboxylic acids is 2. The summed E-state index contributed by atoms with van der Waals surface area (Å²) in [5.41, 5.74) is 1.78. The number of halogens is 2. The molecule has 1 heterocycles. The lowest BCUT2D eigenvalue weighted by molar-refractivity contribution is -0.155. The SMILES string of the molecule is C=C.C=CC(C)F.CC.CC(C)(C)C(=O)O.CC(C)(C=O)CC(=O)O.CC(C)C1=C2C3CCC4C5(C)CCCCC5CCC4(C)C3CCC2(C(O)c2nnc(-c3ccc(F)cc3)n2CCN(C)C)CC1=O.CO. The number of aliphatic hydroxyl groups excluding tert-OH is 2. The fourth-order valence-electron chi connectivity index (χ4n) is 12.4. The van der Waals surface area contributed by atoms with Crippen LogP contribution in [0.15, 0.2) is 61.2 Å². The normalized spacial score (nSPS) is 26.6. The molecule has 9 atom stereocenters. The molecule has 5 aliphatic rings. The number of hydrogen-bond donors (Lipinski definition) is 4. The molecule has 9 unspecified atom stereocenters. The van der Waals surface area contributed by atoms with Gasteiger partial charge in [-0.3, -0.25) is 14.4 Å². The second kappa shape index (κ2) is 29.0. The number of carbonyl (C=O) groups is 4. The minimum atomic E-state index is -0.940. The van der Waals surface area contributed by atoms with Crippen LogP contribution in [0.3, 0.4) is 0 Å². The Hall–Kier alpha value is -4.40. The van der Waals surface area contributed by atoms with Crippen molar-refractivity contribution >= 4 is 24.0 Å². The number of aldehydes is 1. The molecule has 414 valence electrons. The van der Waals surface area contributed by atoms with Gasteiger partial charge < -0.3 is 34.7 Å². The van der Waals surface area contributed by atoms with Crippen LogP contribution >= 0.6 is 0 Å². The van der Waals surface area contributed by atoms with Crippen LogP contribution in [0, 0.1) is 62.5 Å². The molecule has 0 spiro atoms. The monoisotopic (exact) mass is 1030 g/mol. The lowest BCUT2D eigenvalue weighted by Crippen LogP contribution is -2.58. The van der Waals surface area contributed by atoms with Crippen molar-refractivity contribution in [3.8, 4) is 11.4 Å². The van der Waals surface area contributed by atoms with Gasteiger partial charge in [0.25, 0.3) is 0 Å². The number of carboxylic acids is 2. The number of benzene rings is 1. The van der Waals surface area contributed by atoms with E-state index in [0.29, 0.717) is 48.2 Å². The van der Waals surface area contributed by atoms with Crippen molar-refractivity contribution in [2.45, 2.75) is 179 Å². The molecule has 0 saturated heterocycles. The van der Waals surface area contributed by atoms with Crippen LogP contribution in [-0.4, -0.2) is 98.0 Å². The summed E-state index contributed by atoms with van der Waals surface area (Å²) in [6, 6.07) is 6.35. The highest BCUT2D eigenvalue weighted by molar-refractivity contribution is 6.00. The van der Waals surface area contributed by atoms with Crippen molar-refractivity contribution in [3.63, 3.8) is 0 Å². The van der Waals surface area contributed by atoms with E-state index in [1.54, 1.807) is 46.8 Å². The Kier molecular flexibility index (Phi) is 26.5. The number of aromatic nitrogens is 3. The van der Waals surface area contributed by atoms with E-state index in [1.807, 2.05) is 32.5 Å². The number of carboxylic acid groups (broad SMARTS) is 2. The maximum atomic E-state index is 14.1. The Balaban J connectivity index is 0.000000819. The second-order valence-electron chi connectivity index (χ2n) is 23.0. The van der Waals surface area contributed by atoms with Crippen molar-refractivity contribution in [2.75, 3.05) is 27.7 Å². The lowest BCUT2D eigenvalue weighted by atomic mass is 9.39. The van der Waals surface area contributed by atoms with E-state index in [4.69, 9.17) is 15.3 Å². The van der Waals surface area contributed by atoms with Gasteiger partial charge in [-0.1, -0.05) is 79.9 Å². The average Bonchev–Trinajstić information content (AvgIpc) is 3.91. The van der Waals surface area contributed by atoms with Crippen LogP contribution in [0.5, 0.6) is 0 Å². The molecule has 5 aliphatic carbocycles. The zero-order valence-electron chi connectivity index (χ0n) is 47.5. The summed E-state index contributed by atoms with van der Waals surface area (Å²) in [5, 5.41) is 45.4. The van der Waals surface area contributed by atoms with E-state index in [9.17, 15) is 33.1 Å². The van der Waals surface area contributed by atoms with Gasteiger partial charge in [-0.05, 0) is 163 Å². The van der Waals surface area contributed by atoms with Gasteiger partial charge in [0.15, 0.2) is 17.4 Å². The fourth-order valence-corrected chi connectivity index (χ4v) is 12.4. The number of rotatable bonds is 11. The number of allylic oxidation sites excluding steroid dienone is 2. The Bertz CT molecular complexity index is 2110. The highest BCUT2D eigenvalue weighted by atomic mass is 19.1. The predicted molar refractivity (Wildman–Crippen MR) is 290 cm³/mol. The second-order valence-corrected chi connectivity index (χ2v) is 23.0. The molecule has 0 amide bonds. The first-order valence-electron chi connectivity index (χ1n) is 26.5. The van der Waals surface area contributed by atoms with Crippen LogP contribution in [0.2, 0.25) is 0 Å². The first-order chi connectivity index (χ1) is 34.1. The number of aliphatic hydroxyl groups is 2. The van der Waals surface area contributed by atoms with Gasteiger partial charge in [-0.15, -0.1) is 29.9 Å². The van der Waals surface area contributed by atoms with E-state index in [0.717, 1.165) is 55.9 Å². The van der Waals surface area contributed by atoms with Gasteiger partial charge in [0.05, 0.1) is 11.8 Å². The molecule has 12 nitrogen and oxygen atoms in total. The third kappa shape index (κ3) is 16.3. The van der Waals surface area contributed by atoms with E-state index in [2.05, 4.69) is 62.5 Å². The molecule has 7 rings (SSSR count). The number of likely N-dealkylation sites (N-methyl/N-ethyl adjacent to an activating group) is 1. The first-order valence-corrected chi connectivity index (χ1v) is 26.5. The lowest BCUT2D eigenvalue weighted by Gasteiger charge is -2.66. The average molecular weight is 1030 g/mol. The Morgan fingerprint density at radius 2 is 1.47 bits per heavy atom. The molecular formula is C59H96F2N4O8. The molecule has 14 heteroatoms. The van der Waals surface area contributed by atoms with Crippen molar-refractivity contribution in [2.24, 2.45) is 56.7 Å². The molecule has 2 aromatic rings. The zero-order chi connectivity index (χ0) is 56.4. The molecule has 4 fully saturated rings. The van der Waals surface area contributed by atoms with Crippen LogP contribution < -0.4 is 0 Å². The van der Waals surface area contributed by atoms with Crippen LogP contribution in [0.1, 0.15) is 172 Å². The molecule has 0 bridgehead atoms. The van der Waals surface area contributed by atoms with E-state index in [-0.39, 0.29) is 29.4 Å². The van der Waals surface area contributed by atoms with Crippen LogP contribution in [-0.2, 0) is 25.7 Å². The number of fused-ring (bicyclic) bond motifs is 7. The van der Waals surface area contributed by atoms with Gasteiger partial charge in [0.1, 0.15) is 24.4 Å². The largest absolute Gasteiger partial charge is 0.481 e. The predicted octanol–water partition coefficient (Wildman–Crippen LogP) is 12.8. The summed E-state index contributed by atoms with van der Waals surface area (Å²) >= 11 is 0. The van der Waals surface area contributed by atoms with Crippen molar-refractivity contribution in [3.05, 3.63) is 72.9 Å². The maximum Gasteiger partial charge on any atom is 0.308 e. The van der Waals surface area contributed by atoms with E-state index < -0.39 is 40.5 Å². The number of ketones is 1. The zero-order valence-corrected chi connectivity index (χ0v) is 47.5. The van der Waals surface area contributed by atoms with Crippen LogP contribution in [0.4, 0.5) is 8.78 Å². The maximum absolute atomic E-state index is 14.1. The minimum absolute atomic E-state index is 0.101. The Morgan fingerprint density at radius 1 is 0.904 bits per heavy atom. The van der Waals surface area contributed by atoms with Crippen LogP contribution in [0.25, 0.3) is 11.4 Å². The highest BCUT2D eigenvalue weighted by Gasteiger charge is 2.65. The molecule has 4 N–H and O–H groups in total. The third-order valence-corrected chi connectivity index (χ3v) is 15.9. The minimum Gasteiger partial charge on any atom is -0.481 e. The highest BCUT2D eigenvalue weighted by Crippen LogP contribution is 2.72. The number of aliphatic carboxylic acids is 2. The van der Waals surface area contributed by atoms with E-state index in [1.165, 1.54) is 75.7 Å². The van der Waals surface area contributed by atoms with Crippen molar-refractivity contribution in [1.29, 1.82) is 0 Å². The van der Waals surface area contributed by atoms with E-state index >= 15 is 0 Å². The van der Waals surface area contributed by atoms with Crippen molar-refractivity contribution < 1.29 is 48.4 Å². The van der Waals surface area contributed by atoms with Gasteiger partial charge in [-0.25, -0.2) is 8.78 Å². The quantitative estimate of drug-likeness (QED) is 0.124. The molecular weight excluding hydrogens is 931 g/mol. The van der Waals surface area contributed by atoms with Gasteiger partial charge in [0.2, 0.25) is 0 Å². The third-order valence-electron chi connectivity index (χ3n) is 15.9. The smallest absolute Gasteiger partial charge is 0.308 e. The van der Waals surface area contributed by atoms with Gasteiger partial charge in [0, 0.05) is 43.0 Å². The summed E-state index contributed by atoms with van der Waals surface area (Å²) in [7, 11) is 5.06. The van der Waals surface area contributed by atoms with Crippen molar-refractivity contribution in [1.82, 2.24) is 19.7 Å². The molecule has 4 saturated carbocycles. The summed E-state index contributed by atoms with van der Waals surface area (Å²) in [6.07, 6.45) is 12.7. The van der Waals surface area contributed by atoms with Gasteiger partial charge >= 0.3 is 11.9 Å². The molecule has 73 heavy (non-hydrogen) atoms. The summed E-state index contributed by atoms with van der Waals surface area (Å²) < 4.78 is 27.2. The Labute approximate surface area is 438 Å². The summed E-state index contributed by atoms with van der Waals surface area (Å²) in [6.45, 7) is 33.7. The number of nitrogens with zero attached hydrogens (tertiary/aromatic N) is 4. The molecule has 0 aliphatic heterocycles. The number of hydrogen-bond acceptors (Lipinski definition) is 9. The fraction of sp³-hybridized carbons (Fsp3) is 0.695. The summed E-state index contributed by atoms with van der Waals surface area (Å²) in [4.78, 5) is 46.3. The molecule has 1 aromatic carbocycles. The molecule has 0 radical (unpaired) electrons. The molecule has 1 aromatic heterocycles. The topological polar surface area (TPSA) is 183 Å². The van der Waals surface area contributed by atoms with Gasteiger partial charge in [-0.2, -0.15) is 0 Å². The first kappa shape index (κ1) is 66.6.